The summed E-state index contributed by atoms with van der Waals surface area (Å²) < 4.78 is 31.6. The molecule has 0 saturated heterocycles. The molecule has 7 nitrogen and oxygen atoms in total. The standard InChI is InChI=1S/C28H17NO6S2/c30-26(29-20-8-2-4-10-22(20)36-23-11-5-3-9-21(23)29)16-35-28(32)17-13-14-19-25(15-17)37(33,34)24-12-6-1-7-18(24)27(19)31/h1-15H,16H2. The third-order valence-corrected chi connectivity index (χ3v) is 9.16. The van der Waals surface area contributed by atoms with Gasteiger partial charge in [0.2, 0.25) is 9.84 Å². The first kappa shape index (κ1) is 23.2. The zero-order chi connectivity index (χ0) is 25.7. The fraction of sp³-hybridized carbons (Fsp3) is 0.0357. The zero-order valence-electron chi connectivity index (χ0n) is 19.1. The summed E-state index contributed by atoms with van der Waals surface area (Å²) in [5, 5.41) is 0. The van der Waals surface area contributed by atoms with Gasteiger partial charge in [-0.25, -0.2) is 13.2 Å². The number of ether oxygens (including phenoxy) is 1. The first-order valence-electron chi connectivity index (χ1n) is 11.2. The number of ketones is 1. The lowest BCUT2D eigenvalue weighted by Gasteiger charge is -2.30. The monoisotopic (exact) mass is 527 g/mol. The number of anilines is 2. The van der Waals surface area contributed by atoms with Gasteiger partial charge >= 0.3 is 5.97 Å². The highest BCUT2D eigenvalue weighted by Gasteiger charge is 2.35. The average Bonchev–Trinajstić information content (AvgIpc) is 2.93. The third kappa shape index (κ3) is 3.75. The molecule has 0 aliphatic carbocycles. The molecule has 0 saturated carbocycles. The van der Waals surface area contributed by atoms with Crippen molar-refractivity contribution in [1.82, 2.24) is 0 Å². The molecule has 182 valence electrons. The number of amides is 1. The van der Waals surface area contributed by atoms with Crippen molar-refractivity contribution >= 4 is 50.6 Å². The highest BCUT2D eigenvalue weighted by atomic mass is 32.2. The van der Waals surface area contributed by atoms with Gasteiger partial charge in [0.25, 0.3) is 5.91 Å². The third-order valence-electron chi connectivity index (χ3n) is 6.18. The lowest BCUT2D eigenvalue weighted by Crippen LogP contribution is -2.32. The van der Waals surface area contributed by atoms with Crippen molar-refractivity contribution in [2.45, 2.75) is 19.6 Å². The molecule has 0 bridgehead atoms. The molecule has 9 heteroatoms. The summed E-state index contributed by atoms with van der Waals surface area (Å²) in [6, 6.07) is 24.6. The second-order valence-electron chi connectivity index (χ2n) is 8.38. The number of sulfone groups is 1. The predicted molar refractivity (Wildman–Crippen MR) is 136 cm³/mol. The van der Waals surface area contributed by atoms with E-state index in [1.807, 2.05) is 48.5 Å². The first-order chi connectivity index (χ1) is 17.9. The first-order valence-corrected chi connectivity index (χ1v) is 13.5. The maximum Gasteiger partial charge on any atom is 0.338 e. The summed E-state index contributed by atoms with van der Waals surface area (Å²) in [6.07, 6.45) is 0. The Labute approximate surface area is 216 Å². The van der Waals surface area contributed by atoms with Crippen molar-refractivity contribution in [2.75, 3.05) is 11.5 Å². The van der Waals surface area contributed by atoms with E-state index in [1.165, 1.54) is 35.2 Å². The summed E-state index contributed by atoms with van der Waals surface area (Å²) in [6.45, 7) is -0.558. The van der Waals surface area contributed by atoms with E-state index in [9.17, 15) is 22.8 Å². The smallest absolute Gasteiger partial charge is 0.338 e. The molecule has 1 amide bonds. The Morgan fingerprint density at radius 1 is 0.757 bits per heavy atom. The second-order valence-corrected chi connectivity index (χ2v) is 11.4. The van der Waals surface area contributed by atoms with E-state index in [4.69, 9.17) is 4.74 Å². The number of hydrogen-bond donors (Lipinski definition) is 0. The van der Waals surface area contributed by atoms with Crippen molar-refractivity contribution in [1.29, 1.82) is 0 Å². The van der Waals surface area contributed by atoms with Gasteiger partial charge in [0, 0.05) is 20.9 Å². The van der Waals surface area contributed by atoms with Crippen LogP contribution in [0.4, 0.5) is 11.4 Å². The van der Waals surface area contributed by atoms with Crippen molar-refractivity contribution in [3.8, 4) is 0 Å². The zero-order valence-corrected chi connectivity index (χ0v) is 20.7. The maximum absolute atomic E-state index is 13.3. The number of carbonyl (C=O) groups excluding carboxylic acids is 3. The van der Waals surface area contributed by atoms with E-state index in [0.29, 0.717) is 11.4 Å². The summed E-state index contributed by atoms with van der Waals surface area (Å²) >= 11 is 1.55. The van der Waals surface area contributed by atoms with Crippen LogP contribution in [-0.2, 0) is 19.4 Å². The quantitative estimate of drug-likeness (QED) is 0.303. The Balaban J connectivity index is 1.27. The van der Waals surface area contributed by atoms with Gasteiger partial charge in [0.05, 0.1) is 26.7 Å². The van der Waals surface area contributed by atoms with E-state index in [-0.39, 0.29) is 26.5 Å². The highest BCUT2D eigenvalue weighted by molar-refractivity contribution is 7.99. The highest BCUT2D eigenvalue weighted by Crippen LogP contribution is 2.47. The lowest BCUT2D eigenvalue weighted by atomic mass is 10.0. The molecule has 6 rings (SSSR count). The molecule has 0 radical (unpaired) electrons. The van der Waals surface area contributed by atoms with Crippen LogP contribution in [0, 0.1) is 0 Å². The molecule has 0 atom stereocenters. The van der Waals surface area contributed by atoms with Crippen LogP contribution in [0.5, 0.6) is 0 Å². The van der Waals surface area contributed by atoms with Gasteiger partial charge in [0.15, 0.2) is 12.4 Å². The molecule has 4 aromatic carbocycles. The number of fused-ring (bicyclic) bond motifs is 4. The number of benzene rings is 4. The number of nitrogens with zero attached hydrogens (tertiary/aromatic N) is 1. The molecule has 0 N–H and O–H groups in total. The van der Waals surface area contributed by atoms with Gasteiger partial charge in [-0.1, -0.05) is 48.2 Å². The predicted octanol–water partition coefficient (Wildman–Crippen LogP) is 5.05. The van der Waals surface area contributed by atoms with Crippen LogP contribution in [0.1, 0.15) is 26.3 Å². The summed E-state index contributed by atoms with van der Waals surface area (Å²) in [5.74, 6) is -1.76. The number of rotatable bonds is 3. The second kappa shape index (κ2) is 8.72. The average molecular weight is 528 g/mol. The molecule has 2 aliphatic heterocycles. The Morgan fingerprint density at radius 2 is 1.35 bits per heavy atom. The minimum Gasteiger partial charge on any atom is -0.452 e. The summed E-state index contributed by atoms with van der Waals surface area (Å²) in [4.78, 5) is 41.9. The van der Waals surface area contributed by atoms with Crippen LogP contribution in [-0.4, -0.2) is 32.7 Å². The Morgan fingerprint density at radius 3 is 2.05 bits per heavy atom. The molecule has 37 heavy (non-hydrogen) atoms. The van der Waals surface area contributed by atoms with Gasteiger partial charge in [-0.3, -0.25) is 14.5 Å². The van der Waals surface area contributed by atoms with Gasteiger partial charge in [0.1, 0.15) is 0 Å². The molecule has 0 spiro atoms. The molecule has 2 heterocycles. The fourth-order valence-electron chi connectivity index (χ4n) is 4.46. The number of para-hydroxylation sites is 2. The van der Waals surface area contributed by atoms with Crippen LogP contribution in [0.3, 0.4) is 0 Å². The summed E-state index contributed by atoms with van der Waals surface area (Å²) in [5.41, 5.74) is 1.38. The van der Waals surface area contributed by atoms with Gasteiger partial charge in [-0.15, -0.1) is 0 Å². The molecular weight excluding hydrogens is 510 g/mol. The molecule has 0 unspecified atom stereocenters. The van der Waals surface area contributed by atoms with Crippen LogP contribution in [0.25, 0.3) is 0 Å². The largest absolute Gasteiger partial charge is 0.452 e. The molecule has 0 fully saturated rings. The van der Waals surface area contributed by atoms with Gasteiger partial charge < -0.3 is 4.74 Å². The van der Waals surface area contributed by atoms with E-state index in [0.717, 1.165) is 15.9 Å². The summed E-state index contributed by atoms with van der Waals surface area (Å²) in [7, 11) is -4.01. The minimum absolute atomic E-state index is 0.00893. The minimum atomic E-state index is -4.01. The van der Waals surface area contributed by atoms with E-state index in [1.54, 1.807) is 17.8 Å². The number of carbonyl (C=O) groups is 3. The molecular formula is C28H17NO6S2. The van der Waals surface area contributed by atoms with E-state index >= 15 is 0 Å². The Hall–Kier alpha value is -4.21. The molecule has 0 aromatic heterocycles. The number of hydrogen-bond acceptors (Lipinski definition) is 7. The lowest BCUT2D eigenvalue weighted by molar-refractivity contribution is -0.121. The van der Waals surface area contributed by atoms with Crippen LogP contribution in [0.2, 0.25) is 0 Å². The van der Waals surface area contributed by atoms with Crippen LogP contribution < -0.4 is 4.90 Å². The topological polar surface area (TPSA) is 97.8 Å². The maximum atomic E-state index is 13.3. The molecule has 2 aliphatic rings. The van der Waals surface area contributed by atoms with Crippen molar-refractivity contribution in [3.05, 3.63) is 108 Å². The van der Waals surface area contributed by atoms with Crippen molar-refractivity contribution in [2.24, 2.45) is 0 Å². The van der Waals surface area contributed by atoms with Gasteiger partial charge in [-0.2, -0.15) is 0 Å². The normalized spacial score (nSPS) is 14.6. The van der Waals surface area contributed by atoms with Crippen molar-refractivity contribution < 1.29 is 27.5 Å². The Kier molecular flexibility index (Phi) is 5.47. The fourth-order valence-corrected chi connectivity index (χ4v) is 7.20. The molecule has 4 aromatic rings. The Bertz CT molecular complexity index is 1700. The van der Waals surface area contributed by atoms with E-state index < -0.39 is 34.1 Å². The SMILES string of the molecule is O=C(OCC(=O)N1c2ccccc2Sc2ccccc21)c1ccc2c(c1)S(=O)(=O)c1ccccc1C2=O. The van der Waals surface area contributed by atoms with Crippen LogP contribution in [0.15, 0.2) is 111 Å². The van der Waals surface area contributed by atoms with Gasteiger partial charge in [-0.05, 0) is 54.6 Å². The van der Waals surface area contributed by atoms with E-state index in [2.05, 4.69) is 0 Å². The van der Waals surface area contributed by atoms with Crippen molar-refractivity contribution in [3.63, 3.8) is 0 Å². The van der Waals surface area contributed by atoms with Crippen LogP contribution >= 0.6 is 11.8 Å². The number of esters is 1.